The van der Waals surface area contributed by atoms with Gasteiger partial charge in [-0.25, -0.2) is 0 Å². The Balaban J connectivity index is -0.0000000800. The zero-order valence-electron chi connectivity index (χ0n) is 4.44. The summed E-state index contributed by atoms with van der Waals surface area (Å²) < 4.78 is 0. The van der Waals surface area contributed by atoms with Crippen molar-refractivity contribution in [1.29, 1.82) is 0 Å². The molecule has 0 aliphatic carbocycles. The van der Waals surface area contributed by atoms with Crippen LogP contribution in [-0.2, 0) is 21.7 Å². The van der Waals surface area contributed by atoms with Crippen LogP contribution in [-0.4, -0.2) is 11.0 Å². The minimum atomic E-state index is 0. The first-order valence-electron chi connectivity index (χ1n) is 1.65. The molecule has 0 aromatic rings. The smallest absolute Gasteiger partial charge is 0.0991 e. The van der Waals surface area contributed by atoms with E-state index in [1.165, 1.54) is 0 Å². The van der Waals surface area contributed by atoms with E-state index in [4.69, 9.17) is 0 Å². The molecular weight excluding hydrogens is 136 g/mol. The van der Waals surface area contributed by atoms with Gasteiger partial charge in [-0.15, -0.1) is 0 Å². The summed E-state index contributed by atoms with van der Waals surface area (Å²) in [4.78, 5) is 0. The molecule has 0 N–H and O–H groups in total. The first kappa shape index (κ1) is 15.7. The van der Waals surface area contributed by atoms with Gasteiger partial charge in [0, 0.05) is 11.0 Å². The third kappa shape index (κ3) is 21.5. The van der Waals surface area contributed by atoms with Gasteiger partial charge in [-0.3, -0.25) is 0 Å². The van der Waals surface area contributed by atoms with Crippen molar-refractivity contribution in [2.45, 2.75) is 6.92 Å². The summed E-state index contributed by atoms with van der Waals surface area (Å²) in [5, 5.41) is 0. The molecule has 0 bridgehead atoms. The first-order valence-corrected chi connectivity index (χ1v) is 1.65. The molecule has 0 atom stereocenters. The van der Waals surface area contributed by atoms with Crippen molar-refractivity contribution in [2.75, 3.05) is 0 Å². The standard InChI is InChI=1S/C5H8.Si.Ti/c1-3-5-4-2;;/h3-5H,1H2,2H3;;/q;;+2/b5-4+;;. The maximum absolute atomic E-state index is 3.46. The van der Waals surface area contributed by atoms with Gasteiger partial charge in [0.25, 0.3) is 0 Å². The normalized spacial score (nSPS) is 6.43. The Labute approximate surface area is 64.6 Å². The van der Waals surface area contributed by atoms with E-state index < -0.39 is 0 Å². The van der Waals surface area contributed by atoms with E-state index in [1.54, 1.807) is 6.08 Å². The fourth-order valence-electron chi connectivity index (χ4n) is 0.136. The molecule has 4 radical (unpaired) electrons. The van der Waals surface area contributed by atoms with Crippen LogP contribution in [0.1, 0.15) is 6.92 Å². The van der Waals surface area contributed by atoms with Gasteiger partial charge in [-0.1, -0.05) is 24.8 Å². The second-order valence-corrected chi connectivity index (χ2v) is 0.761. The molecule has 0 rings (SSSR count). The van der Waals surface area contributed by atoms with Crippen LogP contribution in [0.2, 0.25) is 0 Å². The monoisotopic (exact) mass is 144 g/mol. The zero-order valence-corrected chi connectivity index (χ0v) is 7.00. The maximum atomic E-state index is 3.46. The summed E-state index contributed by atoms with van der Waals surface area (Å²) in [6.45, 7) is 5.42. The van der Waals surface area contributed by atoms with Gasteiger partial charge in [0.2, 0.25) is 0 Å². The quantitative estimate of drug-likeness (QED) is 0.385. The second-order valence-electron chi connectivity index (χ2n) is 0.761. The Bertz CT molecular complexity index is 50.0. The van der Waals surface area contributed by atoms with E-state index in [0.29, 0.717) is 0 Å². The molecule has 0 aromatic carbocycles. The van der Waals surface area contributed by atoms with Crippen LogP contribution in [0.3, 0.4) is 0 Å². The molecule has 0 saturated heterocycles. The minimum absolute atomic E-state index is 0. The summed E-state index contributed by atoms with van der Waals surface area (Å²) in [5.41, 5.74) is 0. The van der Waals surface area contributed by atoms with Gasteiger partial charge < -0.3 is 0 Å². The van der Waals surface area contributed by atoms with E-state index in [9.17, 15) is 0 Å². The van der Waals surface area contributed by atoms with Crippen molar-refractivity contribution in [3.05, 3.63) is 24.8 Å². The van der Waals surface area contributed by atoms with Crippen LogP contribution in [0.5, 0.6) is 0 Å². The van der Waals surface area contributed by atoms with E-state index >= 15 is 0 Å². The van der Waals surface area contributed by atoms with E-state index in [0.717, 1.165) is 0 Å². The average molecular weight is 144 g/mol. The molecule has 0 aliphatic rings. The van der Waals surface area contributed by atoms with E-state index in [2.05, 4.69) is 6.58 Å². The van der Waals surface area contributed by atoms with Gasteiger partial charge >= 0.3 is 21.7 Å². The molecular formula is C5H8SiTi+2. The fraction of sp³-hybridized carbons (Fsp3) is 0.200. The van der Waals surface area contributed by atoms with Crippen molar-refractivity contribution >= 4 is 11.0 Å². The minimum Gasteiger partial charge on any atom is -0.0991 e. The molecule has 0 aromatic heterocycles. The molecule has 0 amide bonds. The van der Waals surface area contributed by atoms with Crippen LogP contribution in [0.4, 0.5) is 0 Å². The fourth-order valence-corrected chi connectivity index (χ4v) is 0.136. The average Bonchev–Trinajstić information content (AvgIpc) is 1.41. The second kappa shape index (κ2) is 16.1. The number of hydrogen-bond acceptors (Lipinski definition) is 0. The third-order valence-corrected chi connectivity index (χ3v) is 0.329. The Morgan fingerprint density at radius 3 is 1.86 bits per heavy atom. The third-order valence-electron chi connectivity index (χ3n) is 0.329. The van der Waals surface area contributed by atoms with Gasteiger partial charge in [-0.05, 0) is 6.92 Å². The zero-order chi connectivity index (χ0) is 4.12. The molecule has 0 fully saturated rings. The van der Waals surface area contributed by atoms with Crippen molar-refractivity contribution in [3.8, 4) is 0 Å². The molecule has 2 heteroatoms. The Hall–Kier alpha value is 0.411. The van der Waals surface area contributed by atoms with Gasteiger partial charge in [0.15, 0.2) is 0 Å². The van der Waals surface area contributed by atoms with E-state index in [1.807, 2.05) is 19.1 Å². The topological polar surface area (TPSA) is 0 Å². The van der Waals surface area contributed by atoms with Crippen molar-refractivity contribution < 1.29 is 21.7 Å². The van der Waals surface area contributed by atoms with Crippen LogP contribution >= 0.6 is 0 Å². The molecule has 0 unspecified atom stereocenters. The summed E-state index contributed by atoms with van der Waals surface area (Å²) in [5.74, 6) is 0. The number of hydrogen-bond donors (Lipinski definition) is 0. The van der Waals surface area contributed by atoms with Gasteiger partial charge in [0.1, 0.15) is 0 Å². The largest absolute Gasteiger partial charge is 2.00 e. The maximum Gasteiger partial charge on any atom is 2.00 e. The Kier molecular flexibility index (Phi) is 36.1. The summed E-state index contributed by atoms with van der Waals surface area (Å²) >= 11 is 0. The summed E-state index contributed by atoms with van der Waals surface area (Å²) in [6.07, 6.45) is 5.58. The van der Waals surface area contributed by atoms with Crippen LogP contribution in [0.15, 0.2) is 24.8 Å². The molecule has 34 valence electrons. The predicted molar refractivity (Wildman–Crippen MR) is 30.8 cm³/mol. The predicted octanol–water partition coefficient (Wildman–Crippen LogP) is 1.37. The number of allylic oxidation sites excluding steroid dienone is 3. The van der Waals surface area contributed by atoms with Crippen LogP contribution in [0, 0.1) is 0 Å². The molecule has 7 heavy (non-hydrogen) atoms. The first-order chi connectivity index (χ1) is 2.41. The molecule has 0 heterocycles. The van der Waals surface area contributed by atoms with Gasteiger partial charge in [-0.2, -0.15) is 0 Å². The Morgan fingerprint density at radius 2 is 1.86 bits per heavy atom. The molecule has 0 aliphatic heterocycles. The summed E-state index contributed by atoms with van der Waals surface area (Å²) in [6, 6.07) is 0. The van der Waals surface area contributed by atoms with Crippen molar-refractivity contribution in [2.24, 2.45) is 0 Å². The number of rotatable bonds is 1. The SMILES string of the molecule is C=C/C=C/C.[Si].[Ti+2]. The Morgan fingerprint density at radius 1 is 1.43 bits per heavy atom. The van der Waals surface area contributed by atoms with Crippen LogP contribution in [0.25, 0.3) is 0 Å². The van der Waals surface area contributed by atoms with E-state index in [-0.39, 0.29) is 32.7 Å². The van der Waals surface area contributed by atoms with Gasteiger partial charge in [0.05, 0.1) is 0 Å². The molecule has 0 saturated carbocycles. The van der Waals surface area contributed by atoms with Crippen LogP contribution < -0.4 is 0 Å². The van der Waals surface area contributed by atoms with Crippen molar-refractivity contribution in [1.82, 2.24) is 0 Å². The van der Waals surface area contributed by atoms with Crippen molar-refractivity contribution in [3.63, 3.8) is 0 Å². The molecule has 0 spiro atoms. The molecule has 0 nitrogen and oxygen atoms in total. The summed E-state index contributed by atoms with van der Waals surface area (Å²) in [7, 11) is 0.